The van der Waals surface area contributed by atoms with E-state index in [1.165, 1.54) is 19.1 Å². The number of hydrogen-bond acceptors (Lipinski definition) is 3. The van der Waals surface area contributed by atoms with E-state index in [2.05, 4.69) is 5.32 Å². The molecule has 0 spiro atoms. The fourth-order valence-electron chi connectivity index (χ4n) is 1.95. The van der Waals surface area contributed by atoms with Crippen LogP contribution in [-0.2, 0) is 14.1 Å². The van der Waals surface area contributed by atoms with Crippen molar-refractivity contribution in [2.24, 2.45) is 0 Å². The van der Waals surface area contributed by atoms with Crippen LogP contribution in [-0.4, -0.2) is 24.2 Å². The molecule has 0 unspecified atom stereocenters. The van der Waals surface area contributed by atoms with Gasteiger partial charge in [-0.05, 0) is 45.3 Å². The number of carbonyl (C=O) groups excluding carboxylic acids is 1. The number of amides is 1. The van der Waals surface area contributed by atoms with Gasteiger partial charge in [0, 0.05) is 6.92 Å². The molecule has 1 aromatic rings. The highest BCUT2D eigenvalue weighted by Gasteiger charge is 2.51. The molecule has 1 heterocycles. The van der Waals surface area contributed by atoms with Gasteiger partial charge in [-0.1, -0.05) is 6.07 Å². The molecule has 4 nitrogen and oxygen atoms in total. The second-order valence-electron chi connectivity index (χ2n) is 6.01. The van der Waals surface area contributed by atoms with Crippen LogP contribution in [0.3, 0.4) is 0 Å². The number of nitrogens with one attached hydrogen (secondary N) is 1. The Labute approximate surface area is 118 Å². The standard InChI is InChI=1S/C14H19BFNO3/c1-9(18)17-12-7-6-10(8-11(12)16)15-19-13(2,3)14(4,5)20-15/h6-8H,1-5H3,(H,17,18). The summed E-state index contributed by atoms with van der Waals surface area (Å²) in [5, 5.41) is 2.43. The smallest absolute Gasteiger partial charge is 0.399 e. The van der Waals surface area contributed by atoms with Gasteiger partial charge in [-0.25, -0.2) is 4.39 Å². The molecular weight excluding hydrogens is 260 g/mol. The summed E-state index contributed by atoms with van der Waals surface area (Å²) in [5.74, 6) is -0.820. The van der Waals surface area contributed by atoms with Gasteiger partial charge in [0.05, 0.1) is 16.9 Å². The lowest BCUT2D eigenvalue weighted by Gasteiger charge is -2.32. The van der Waals surface area contributed by atoms with E-state index in [1.807, 2.05) is 27.7 Å². The van der Waals surface area contributed by atoms with Crippen molar-refractivity contribution < 1.29 is 18.5 Å². The maximum atomic E-state index is 13.9. The van der Waals surface area contributed by atoms with Crippen LogP contribution in [0.4, 0.5) is 10.1 Å². The molecule has 1 amide bonds. The zero-order valence-corrected chi connectivity index (χ0v) is 12.4. The van der Waals surface area contributed by atoms with Gasteiger partial charge in [0.15, 0.2) is 0 Å². The highest BCUT2D eigenvalue weighted by molar-refractivity contribution is 6.62. The maximum absolute atomic E-state index is 13.9. The number of hydrogen-bond donors (Lipinski definition) is 1. The van der Waals surface area contributed by atoms with Crippen LogP contribution in [0, 0.1) is 5.82 Å². The van der Waals surface area contributed by atoms with Crippen LogP contribution in [0.5, 0.6) is 0 Å². The van der Waals surface area contributed by atoms with Gasteiger partial charge in [-0.2, -0.15) is 0 Å². The molecular formula is C14H19BFNO3. The minimum Gasteiger partial charge on any atom is -0.399 e. The second kappa shape index (κ2) is 4.86. The molecule has 0 atom stereocenters. The van der Waals surface area contributed by atoms with Crippen molar-refractivity contribution >= 4 is 24.2 Å². The first kappa shape index (κ1) is 15.0. The van der Waals surface area contributed by atoms with E-state index in [-0.39, 0.29) is 11.6 Å². The lowest BCUT2D eigenvalue weighted by Crippen LogP contribution is -2.41. The topological polar surface area (TPSA) is 47.6 Å². The molecule has 1 aliphatic rings. The summed E-state index contributed by atoms with van der Waals surface area (Å²) in [4.78, 5) is 10.9. The predicted molar refractivity (Wildman–Crippen MR) is 76.4 cm³/mol. The SMILES string of the molecule is CC(=O)Nc1ccc(B2OC(C)(C)C(C)(C)O2)cc1F. The molecule has 0 aromatic heterocycles. The summed E-state index contributed by atoms with van der Waals surface area (Å²) in [7, 11) is -0.610. The molecule has 108 valence electrons. The molecule has 1 aromatic carbocycles. The molecule has 0 bridgehead atoms. The summed E-state index contributed by atoms with van der Waals surface area (Å²) >= 11 is 0. The molecule has 0 saturated carbocycles. The third-order valence-electron chi connectivity index (χ3n) is 3.83. The average molecular weight is 279 g/mol. The summed E-state index contributed by atoms with van der Waals surface area (Å²) in [5.41, 5.74) is -0.192. The Bertz CT molecular complexity index is 529. The van der Waals surface area contributed by atoms with Gasteiger partial charge >= 0.3 is 7.12 Å². The van der Waals surface area contributed by atoms with Gasteiger partial charge in [0.2, 0.25) is 5.91 Å². The summed E-state index contributed by atoms with van der Waals surface area (Å²) in [6.45, 7) is 9.09. The quantitative estimate of drug-likeness (QED) is 0.843. The Morgan fingerprint density at radius 3 is 2.20 bits per heavy atom. The first-order valence-corrected chi connectivity index (χ1v) is 6.55. The fraction of sp³-hybridized carbons (Fsp3) is 0.500. The molecule has 2 rings (SSSR count). The summed E-state index contributed by atoms with van der Waals surface area (Å²) in [6, 6.07) is 4.53. The highest BCUT2D eigenvalue weighted by atomic mass is 19.1. The fourth-order valence-corrected chi connectivity index (χ4v) is 1.95. The molecule has 1 fully saturated rings. The van der Waals surface area contributed by atoms with Crippen molar-refractivity contribution in [3.05, 3.63) is 24.0 Å². The van der Waals surface area contributed by atoms with Crippen LogP contribution in [0.2, 0.25) is 0 Å². The van der Waals surface area contributed by atoms with Crippen LogP contribution in [0.15, 0.2) is 18.2 Å². The zero-order chi connectivity index (χ0) is 15.1. The van der Waals surface area contributed by atoms with Gasteiger partial charge in [-0.3, -0.25) is 4.79 Å². The Morgan fingerprint density at radius 2 is 1.75 bits per heavy atom. The predicted octanol–water partition coefficient (Wildman–Crippen LogP) is 2.08. The van der Waals surface area contributed by atoms with Crippen molar-refractivity contribution in [2.45, 2.75) is 45.8 Å². The molecule has 1 saturated heterocycles. The van der Waals surface area contributed by atoms with Crippen molar-refractivity contribution in [3.8, 4) is 0 Å². The van der Waals surface area contributed by atoms with E-state index >= 15 is 0 Å². The third-order valence-corrected chi connectivity index (χ3v) is 3.83. The molecule has 0 aliphatic carbocycles. The highest BCUT2D eigenvalue weighted by Crippen LogP contribution is 2.36. The summed E-state index contributed by atoms with van der Waals surface area (Å²) in [6.07, 6.45) is 0. The molecule has 6 heteroatoms. The second-order valence-corrected chi connectivity index (χ2v) is 6.01. The third kappa shape index (κ3) is 2.71. The van der Waals surface area contributed by atoms with Gasteiger partial charge in [0.1, 0.15) is 5.82 Å². The normalized spacial score (nSPS) is 20.0. The van der Waals surface area contributed by atoms with Crippen molar-refractivity contribution in [2.75, 3.05) is 5.32 Å². The molecule has 1 aliphatic heterocycles. The maximum Gasteiger partial charge on any atom is 0.494 e. The Balaban J connectivity index is 2.24. The lowest BCUT2D eigenvalue weighted by molar-refractivity contribution is -0.114. The Hall–Kier alpha value is -1.40. The van der Waals surface area contributed by atoms with E-state index in [9.17, 15) is 9.18 Å². The van der Waals surface area contributed by atoms with Crippen molar-refractivity contribution in [1.82, 2.24) is 0 Å². The monoisotopic (exact) mass is 279 g/mol. The Kier molecular flexibility index (Phi) is 3.65. The molecule has 1 N–H and O–H groups in total. The van der Waals surface area contributed by atoms with Crippen LogP contribution >= 0.6 is 0 Å². The van der Waals surface area contributed by atoms with Gasteiger partial charge in [0.25, 0.3) is 0 Å². The van der Waals surface area contributed by atoms with Crippen LogP contribution < -0.4 is 10.8 Å². The lowest BCUT2D eigenvalue weighted by atomic mass is 9.79. The summed E-state index contributed by atoms with van der Waals surface area (Å²) < 4.78 is 25.6. The first-order valence-electron chi connectivity index (χ1n) is 6.55. The van der Waals surface area contributed by atoms with E-state index in [0.29, 0.717) is 5.46 Å². The zero-order valence-electron chi connectivity index (χ0n) is 12.4. The van der Waals surface area contributed by atoms with E-state index < -0.39 is 24.1 Å². The minimum atomic E-state index is -0.610. The number of rotatable bonds is 2. The molecule has 20 heavy (non-hydrogen) atoms. The van der Waals surface area contributed by atoms with Gasteiger partial charge in [-0.15, -0.1) is 0 Å². The van der Waals surface area contributed by atoms with E-state index in [4.69, 9.17) is 9.31 Å². The number of halogens is 1. The largest absolute Gasteiger partial charge is 0.494 e. The first-order chi connectivity index (χ1) is 9.12. The van der Waals surface area contributed by atoms with Crippen LogP contribution in [0.1, 0.15) is 34.6 Å². The van der Waals surface area contributed by atoms with Crippen LogP contribution in [0.25, 0.3) is 0 Å². The molecule has 0 radical (unpaired) electrons. The minimum absolute atomic E-state index is 0.151. The van der Waals surface area contributed by atoms with Gasteiger partial charge < -0.3 is 14.6 Å². The number of benzene rings is 1. The average Bonchev–Trinajstić information content (AvgIpc) is 2.50. The number of anilines is 1. The van der Waals surface area contributed by atoms with E-state index in [1.54, 1.807) is 6.07 Å². The van der Waals surface area contributed by atoms with Crippen molar-refractivity contribution in [1.29, 1.82) is 0 Å². The Morgan fingerprint density at radius 1 is 1.20 bits per heavy atom. The number of carbonyl (C=O) groups is 1. The van der Waals surface area contributed by atoms with Crippen molar-refractivity contribution in [3.63, 3.8) is 0 Å². The van der Waals surface area contributed by atoms with E-state index in [0.717, 1.165) is 0 Å².